The summed E-state index contributed by atoms with van der Waals surface area (Å²) in [7, 11) is -3.09. The van der Waals surface area contributed by atoms with Crippen LogP contribution in [0, 0.1) is 11.2 Å². The van der Waals surface area contributed by atoms with Crippen LogP contribution in [0.3, 0.4) is 0 Å². The van der Waals surface area contributed by atoms with Gasteiger partial charge in [0, 0.05) is 22.9 Å². The Bertz CT molecular complexity index is 1600. The quantitative estimate of drug-likeness (QED) is 0.299. The Kier molecular flexibility index (Phi) is 5.37. The summed E-state index contributed by atoms with van der Waals surface area (Å²) in [6, 6.07) is 20.1. The van der Waals surface area contributed by atoms with Crippen molar-refractivity contribution in [2.45, 2.75) is 38.5 Å². The zero-order chi connectivity index (χ0) is 25.1. The lowest BCUT2D eigenvalue weighted by atomic mass is 9.83. The molecule has 2 aliphatic rings. The highest BCUT2D eigenvalue weighted by Crippen LogP contribution is 2.42. The van der Waals surface area contributed by atoms with E-state index in [4.69, 9.17) is 5.10 Å². The molecule has 0 N–H and O–H groups in total. The second-order valence-electron chi connectivity index (χ2n) is 10.6. The molecular formula is C29H27FN2O3S. The average molecular weight is 503 g/mol. The molecule has 1 saturated heterocycles. The summed E-state index contributed by atoms with van der Waals surface area (Å²) >= 11 is 0. The molecule has 1 atom stereocenters. The summed E-state index contributed by atoms with van der Waals surface area (Å²) < 4.78 is 39.5. The number of carbonyl (C=O) groups is 1. The lowest BCUT2D eigenvalue weighted by Crippen LogP contribution is -2.22. The largest absolute Gasteiger partial charge is 0.294 e. The van der Waals surface area contributed by atoms with Crippen molar-refractivity contribution in [3.8, 4) is 16.9 Å². The molecule has 0 amide bonds. The highest BCUT2D eigenvalue weighted by Gasteiger charge is 2.40. The summed E-state index contributed by atoms with van der Waals surface area (Å²) in [5.74, 6) is 0.378. The first-order valence-electron chi connectivity index (χ1n) is 12.3. The van der Waals surface area contributed by atoms with Crippen LogP contribution in [0.1, 0.15) is 54.4 Å². The maximum Gasteiger partial charge on any atom is 0.163 e. The molecule has 1 aliphatic carbocycles. The second kappa shape index (κ2) is 8.37. The van der Waals surface area contributed by atoms with E-state index in [1.807, 2.05) is 31.2 Å². The van der Waals surface area contributed by atoms with Gasteiger partial charge in [0.25, 0.3) is 0 Å². The molecule has 3 aromatic carbocycles. The summed E-state index contributed by atoms with van der Waals surface area (Å²) in [4.78, 5) is 13.3. The first-order chi connectivity index (χ1) is 17.2. The van der Waals surface area contributed by atoms with Gasteiger partial charge in [0.15, 0.2) is 15.6 Å². The molecule has 1 aromatic heterocycles. The second-order valence-corrected chi connectivity index (χ2v) is 12.8. The van der Waals surface area contributed by atoms with Gasteiger partial charge in [0.1, 0.15) is 11.5 Å². The molecule has 0 bridgehead atoms. The summed E-state index contributed by atoms with van der Waals surface area (Å²) in [6.45, 7) is 1.88. The van der Waals surface area contributed by atoms with E-state index in [1.54, 1.807) is 16.8 Å². The van der Waals surface area contributed by atoms with Crippen molar-refractivity contribution < 1.29 is 17.6 Å². The van der Waals surface area contributed by atoms with Crippen molar-refractivity contribution in [1.82, 2.24) is 9.78 Å². The molecule has 4 aromatic rings. The van der Waals surface area contributed by atoms with Crippen molar-refractivity contribution >= 4 is 26.5 Å². The van der Waals surface area contributed by atoms with Gasteiger partial charge in [-0.1, -0.05) is 31.2 Å². The van der Waals surface area contributed by atoms with Gasteiger partial charge in [-0.05, 0) is 78.6 Å². The molecule has 5 nitrogen and oxygen atoms in total. The number of fused-ring (bicyclic) bond motifs is 1. The fourth-order valence-corrected chi connectivity index (χ4v) is 7.60. The molecular weight excluding hydrogens is 475 g/mol. The van der Waals surface area contributed by atoms with Crippen LogP contribution in [0.25, 0.3) is 27.8 Å². The van der Waals surface area contributed by atoms with E-state index in [9.17, 15) is 17.6 Å². The Morgan fingerprint density at radius 1 is 1.08 bits per heavy atom. The van der Waals surface area contributed by atoms with Gasteiger partial charge in [0.05, 0.1) is 22.7 Å². The number of sulfone groups is 1. The fraction of sp³-hybridized carbons (Fsp3) is 0.310. The summed E-state index contributed by atoms with van der Waals surface area (Å²) in [6.07, 6.45) is 3.09. The lowest BCUT2D eigenvalue weighted by molar-refractivity contribution is 0.0934. The smallest absolute Gasteiger partial charge is 0.163 e. The van der Waals surface area contributed by atoms with Crippen LogP contribution in [0.4, 0.5) is 4.39 Å². The standard InChI is InChI=1S/C29H27FN2O3S/c1-29(13-14-36(34,35)18-29)17-27(33)21-7-12-25-26(16-21)32(24-10-8-23(30)9-11-24)31-28(25)22-4-2-3-20(15-22)19-5-6-19/h2-4,7-12,15-16,19H,5-6,13-14,17-18H2,1H3. The number of ketones is 1. The Morgan fingerprint density at radius 2 is 1.86 bits per heavy atom. The van der Waals surface area contributed by atoms with Crippen molar-refractivity contribution in [2.75, 3.05) is 11.5 Å². The van der Waals surface area contributed by atoms with E-state index in [0.29, 0.717) is 23.6 Å². The monoisotopic (exact) mass is 502 g/mol. The molecule has 6 rings (SSSR count). The molecule has 1 saturated carbocycles. The number of hydrogen-bond acceptors (Lipinski definition) is 4. The Hall–Kier alpha value is -3.32. The first kappa shape index (κ1) is 23.1. The number of Topliss-reactive ketones (excluding diaryl/α,β-unsaturated/α-hetero) is 1. The Morgan fingerprint density at radius 3 is 2.56 bits per heavy atom. The highest BCUT2D eigenvalue weighted by molar-refractivity contribution is 7.91. The van der Waals surface area contributed by atoms with Gasteiger partial charge in [0.2, 0.25) is 0 Å². The fourth-order valence-electron chi connectivity index (χ4n) is 5.34. The Labute approximate surface area is 209 Å². The molecule has 1 aliphatic heterocycles. The predicted molar refractivity (Wildman–Crippen MR) is 139 cm³/mol. The first-order valence-corrected chi connectivity index (χ1v) is 14.1. The van der Waals surface area contributed by atoms with Gasteiger partial charge in [-0.15, -0.1) is 0 Å². The third kappa shape index (κ3) is 4.37. The highest BCUT2D eigenvalue weighted by atomic mass is 32.2. The van der Waals surface area contributed by atoms with E-state index in [2.05, 4.69) is 18.2 Å². The predicted octanol–water partition coefficient (Wildman–Crippen LogP) is 6.11. The average Bonchev–Trinajstić information content (AvgIpc) is 3.58. The number of nitrogens with zero attached hydrogens (tertiary/aromatic N) is 2. The van der Waals surface area contributed by atoms with Gasteiger partial charge in [-0.25, -0.2) is 17.5 Å². The number of halogens is 1. The van der Waals surface area contributed by atoms with Crippen molar-refractivity contribution in [3.63, 3.8) is 0 Å². The molecule has 184 valence electrons. The molecule has 7 heteroatoms. The normalized spacial score (nSPS) is 21.2. The maximum atomic E-state index is 13.6. The SMILES string of the molecule is CC1(CC(=O)c2ccc3c(-c4cccc(C5CC5)c4)nn(-c4ccc(F)cc4)c3c2)CCS(=O)(=O)C1. The van der Waals surface area contributed by atoms with E-state index in [1.165, 1.54) is 30.5 Å². The zero-order valence-corrected chi connectivity index (χ0v) is 20.9. The van der Waals surface area contributed by atoms with Crippen LogP contribution >= 0.6 is 0 Å². The molecule has 1 unspecified atom stereocenters. The topological polar surface area (TPSA) is 69.0 Å². The third-order valence-corrected chi connectivity index (χ3v) is 9.42. The summed E-state index contributed by atoms with van der Waals surface area (Å²) in [5.41, 5.74) is 4.56. The van der Waals surface area contributed by atoms with Crippen LogP contribution in [-0.2, 0) is 9.84 Å². The van der Waals surface area contributed by atoms with Crippen molar-refractivity contribution in [2.24, 2.45) is 5.41 Å². The minimum atomic E-state index is -3.09. The van der Waals surface area contributed by atoms with Crippen molar-refractivity contribution in [1.29, 1.82) is 0 Å². The molecule has 36 heavy (non-hydrogen) atoms. The van der Waals surface area contributed by atoms with Crippen LogP contribution in [0.5, 0.6) is 0 Å². The lowest BCUT2D eigenvalue weighted by Gasteiger charge is -2.20. The van der Waals surface area contributed by atoms with Crippen LogP contribution in [-0.4, -0.2) is 35.5 Å². The van der Waals surface area contributed by atoms with Gasteiger partial charge >= 0.3 is 0 Å². The molecule has 0 spiro atoms. The van der Waals surface area contributed by atoms with E-state index in [-0.39, 0.29) is 29.5 Å². The number of aromatic nitrogens is 2. The number of benzene rings is 3. The van der Waals surface area contributed by atoms with Crippen LogP contribution in [0.2, 0.25) is 0 Å². The van der Waals surface area contributed by atoms with E-state index < -0.39 is 15.3 Å². The van der Waals surface area contributed by atoms with Gasteiger partial charge in [-0.2, -0.15) is 5.10 Å². The minimum Gasteiger partial charge on any atom is -0.294 e. The van der Waals surface area contributed by atoms with E-state index in [0.717, 1.165) is 22.2 Å². The maximum absolute atomic E-state index is 13.6. The van der Waals surface area contributed by atoms with E-state index >= 15 is 0 Å². The number of rotatable bonds is 6. The number of hydrogen-bond donors (Lipinski definition) is 0. The minimum absolute atomic E-state index is 0.0446. The van der Waals surface area contributed by atoms with Crippen molar-refractivity contribution in [3.05, 3.63) is 83.7 Å². The number of carbonyl (C=O) groups excluding carboxylic acids is 1. The van der Waals surface area contributed by atoms with Gasteiger partial charge in [-0.3, -0.25) is 4.79 Å². The van der Waals surface area contributed by atoms with Crippen LogP contribution in [0.15, 0.2) is 66.7 Å². The van der Waals surface area contributed by atoms with Crippen LogP contribution < -0.4 is 0 Å². The summed E-state index contributed by atoms with van der Waals surface area (Å²) in [5, 5.41) is 5.82. The third-order valence-electron chi connectivity index (χ3n) is 7.46. The molecule has 2 fully saturated rings. The molecule has 0 radical (unpaired) electrons. The Balaban J connectivity index is 1.44. The zero-order valence-electron chi connectivity index (χ0n) is 20.1. The molecule has 2 heterocycles. The van der Waals surface area contributed by atoms with Gasteiger partial charge < -0.3 is 0 Å².